The maximum absolute atomic E-state index is 14.5. The summed E-state index contributed by atoms with van der Waals surface area (Å²) in [6, 6.07) is 20.8. The smallest absolute Gasteiger partial charge is 0.411 e. The number of carbonyl (C=O) groups is 1. The summed E-state index contributed by atoms with van der Waals surface area (Å²) in [5.74, 6) is 0.192. The highest BCUT2D eigenvalue weighted by atomic mass is 19.4. The first-order chi connectivity index (χ1) is 23.1. The third-order valence-corrected chi connectivity index (χ3v) is 7.21. The Hall–Kier alpha value is -4.31. The van der Waals surface area contributed by atoms with E-state index >= 15 is 0 Å². The van der Waals surface area contributed by atoms with Crippen LogP contribution >= 0.6 is 0 Å². The highest BCUT2D eigenvalue weighted by Crippen LogP contribution is 2.56. The van der Waals surface area contributed by atoms with Gasteiger partial charge in [0.15, 0.2) is 5.78 Å². The van der Waals surface area contributed by atoms with E-state index in [0.717, 1.165) is 54.1 Å². The van der Waals surface area contributed by atoms with Crippen molar-refractivity contribution >= 4 is 5.78 Å². The minimum absolute atomic E-state index is 0.0165. The van der Waals surface area contributed by atoms with Gasteiger partial charge in [0.1, 0.15) is 22.8 Å². The lowest BCUT2D eigenvalue weighted by atomic mass is 9.73. The van der Waals surface area contributed by atoms with Crippen molar-refractivity contribution < 1.29 is 45.3 Å². The molecule has 0 unspecified atom stereocenters. The first-order valence-electron chi connectivity index (χ1n) is 16.0. The number of ketones is 1. The highest BCUT2D eigenvalue weighted by molar-refractivity contribution is 6.09. The third kappa shape index (κ3) is 10.1. The quantitative estimate of drug-likeness (QED) is 0.142. The Kier molecular flexibility index (Phi) is 13.9. The minimum Gasteiger partial charge on any atom is -0.488 e. The van der Waals surface area contributed by atoms with E-state index in [1.165, 1.54) is 24.3 Å². The Labute approximate surface area is 291 Å². The molecule has 0 heterocycles. The molecule has 0 amide bonds. The standard InChI is InChI=1S/C36H34F6O3.C2H6O.C2H6/c1-32(2,3)25-11-7-23(8-12-25)31(43)24-9-17-28(18-10-24)44-29-19-13-26(14-20-29)34(35(37,38)39,36(40,41)42)27-15-21-30(22-16-27)45-33(4,5)6;1-3-2;1-2/h7-22H,1-6H3;1-2H3;1-2H3. The van der Waals surface area contributed by atoms with E-state index in [2.05, 4.69) is 25.5 Å². The average Bonchev–Trinajstić information content (AvgIpc) is 3.02. The molecule has 0 aliphatic heterocycles. The summed E-state index contributed by atoms with van der Waals surface area (Å²) >= 11 is 0. The van der Waals surface area contributed by atoms with Crippen LogP contribution in [0.1, 0.15) is 88.0 Å². The topological polar surface area (TPSA) is 44.8 Å². The van der Waals surface area contributed by atoms with E-state index in [-0.39, 0.29) is 28.4 Å². The van der Waals surface area contributed by atoms with Crippen LogP contribution in [0.3, 0.4) is 0 Å². The van der Waals surface area contributed by atoms with Gasteiger partial charge in [0, 0.05) is 25.3 Å². The summed E-state index contributed by atoms with van der Waals surface area (Å²) in [5, 5.41) is 0. The van der Waals surface area contributed by atoms with Gasteiger partial charge in [-0.3, -0.25) is 4.79 Å². The molecule has 0 N–H and O–H groups in total. The summed E-state index contributed by atoms with van der Waals surface area (Å²) in [4.78, 5) is 12.9. The summed E-state index contributed by atoms with van der Waals surface area (Å²) in [5.41, 5.74) is -5.10. The van der Waals surface area contributed by atoms with E-state index in [9.17, 15) is 31.1 Å². The molecule has 0 fully saturated rings. The van der Waals surface area contributed by atoms with Crippen LogP contribution in [0.5, 0.6) is 17.2 Å². The van der Waals surface area contributed by atoms with Crippen LogP contribution < -0.4 is 9.47 Å². The van der Waals surface area contributed by atoms with Crippen LogP contribution in [0.15, 0.2) is 97.1 Å². The summed E-state index contributed by atoms with van der Waals surface area (Å²) in [6.45, 7) is 15.3. The van der Waals surface area contributed by atoms with Gasteiger partial charge >= 0.3 is 12.4 Å². The van der Waals surface area contributed by atoms with Gasteiger partial charge in [-0.1, -0.05) is 83.1 Å². The molecule has 4 rings (SSSR count). The average molecular weight is 705 g/mol. The van der Waals surface area contributed by atoms with Crippen molar-refractivity contribution in [2.24, 2.45) is 0 Å². The normalized spacial score (nSPS) is 12.2. The van der Waals surface area contributed by atoms with Crippen molar-refractivity contribution in [2.75, 3.05) is 14.2 Å². The van der Waals surface area contributed by atoms with Crippen molar-refractivity contribution in [3.63, 3.8) is 0 Å². The SMILES string of the molecule is CC.CC(C)(C)Oc1ccc(C(c2ccc(Oc3ccc(C(=O)c4ccc(C(C)(C)C)cc4)cc3)cc2)(C(F)(F)F)C(F)(F)F)cc1.COC. The number of hydrogen-bond donors (Lipinski definition) is 0. The van der Waals surface area contributed by atoms with E-state index in [4.69, 9.17) is 9.47 Å². The van der Waals surface area contributed by atoms with Crippen molar-refractivity contribution in [1.82, 2.24) is 0 Å². The van der Waals surface area contributed by atoms with Crippen LogP contribution in [0.4, 0.5) is 26.3 Å². The van der Waals surface area contributed by atoms with E-state index in [0.29, 0.717) is 11.1 Å². The molecule has 0 bridgehead atoms. The van der Waals surface area contributed by atoms with Crippen molar-refractivity contribution in [3.8, 4) is 17.2 Å². The van der Waals surface area contributed by atoms with E-state index in [1.807, 2.05) is 26.0 Å². The molecule has 50 heavy (non-hydrogen) atoms. The van der Waals surface area contributed by atoms with Gasteiger partial charge in [-0.05, 0) is 91.4 Å². The molecular weight excluding hydrogens is 658 g/mol. The second-order valence-corrected chi connectivity index (χ2v) is 13.2. The van der Waals surface area contributed by atoms with Crippen LogP contribution in [-0.4, -0.2) is 38.0 Å². The van der Waals surface area contributed by atoms with Crippen LogP contribution in [-0.2, 0) is 15.6 Å². The Morgan fingerprint density at radius 1 is 0.500 bits per heavy atom. The van der Waals surface area contributed by atoms with Crippen molar-refractivity contribution in [2.45, 2.75) is 84.2 Å². The molecule has 10 heteroatoms. The molecular formula is C40H46F6O4. The predicted molar refractivity (Wildman–Crippen MR) is 186 cm³/mol. The van der Waals surface area contributed by atoms with Crippen molar-refractivity contribution in [1.29, 1.82) is 0 Å². The predicted octanol–water partition coefficient (Wildman–Crippen LogP) is 11.9. The second kappa shape index (κ2) is 16.6. The zero-order chi connectivity index (χ0) is 38.1. The maximum atomic E-state index is 14.5. The summed E-state index contributed by atoms with van der Waals surface area (Å²) < 4.78 is 103. The Morgan fingerprint density at radius 3 is 1.12 bits per heavy atom. The lowest BCUT2D eigenvalue weighted by Gasteiger charge is -2.38. The van der Waals surface area contributed by atoms with Crippen molar-refractivity contribution in [3.05, 3.63) is 125 Å². The Bertz CT molecular complexity index is 1610. The van der Waals surface area contributed by atoms with E-state index < -0.39 is 34.5 Å². The van der Waals surface area contributed by atoms with Crippen LogP contribution in [0, 0.1) is 0 Å². The van der Waals surface area contributed by atoms with Gasteiger partial charge in [-0.15, -0.1) is 0 Å². The van der Waals surface area contributed by atoms with Crippen LogP contribution in [0.2, 0.25) is 0 Å². The minimum atomic E-state index is -5.73. The number of alkyl halides is 6. The molecule has 4 nitrogen and oxygen atoms in total. The molecule has 0 spiro atoms. The van der Waals surface area contributed by atoms with Gasteiger partial charge in [-0.2, -0.15) is 26.3 Å². The summed E-state index contributed by atoms with van der Waals surface area (Å²) in [6.07, 6.45) is -11.5. The Balaban J connectivity index is 0.00000164. The molecule has 0 atom stereocenters. The largest absolute Gasteiger partial charge is 0.488 e. The zero-order valence-corrected chi connectivity index (χ0v) is 30.1. The summed E-state index contributed by atoms with van der Waals surface area (Å²) in [7, 11) is 3.25. The highest BCUT2D eigenvalue weighted by Gasteiger charge is 2.72. The van der Waals surface area contributed by atoms with Gasteiger partial charge in [0.2, 0.25) is 5.41 Å². The molecule has 4 aromatic rings. The van der Waals surface area contributed by atoms with E-state index in [1.54, 1.807) is 47.1 Å². The molecule has 0 radical (unpaired) electrons. The molecule has 272 valence electrons. The van der Waals surface area contributed by atoms with Crippen LogP contribution in [0.25, 0.3) is 0 Å². The first-order valence-corrected chi connectivity index (χ1v) is 16.0. The number of carbonyl (C=O) groups excluding carboxylic acids is 1. The Morgan fingerprint density at radius 2 is 0.800 bits per heavy atom. The maximum Gasteiger partial charge on any atom is 0.411 e. The molecule has 0 aromatic heterocycles. The van der Waals surface area contributed by atoms with Gasteiger partial charge < -0.3 is 14.2 Å². The van der Waals surface area contributed by atoms with Gasteiger partial charge in [0.25, 0.3) is 0 Å². The molecule has 0 saturated carbocycles. The fraction of sp³-hybridized carbons (Fsp3) is 0.375. The third-order valence-electron chi connectivity index (χ3n) is 7.21. The van der Waals surface area contributed by atoms with Gasteiger partial charge in [-0.25, -0.2) is 0 Å². The zero-order valence-electron chi connectivity index (χ0n) is 30.1. The number of methoxy groups -OCH3 is 1. The molecule has 0 aliphatic carbocycles. The lowest BCUT2D eigenvalue weighted by Crippen LogP contribution is -2.54. The molecule has 0 aliphatic rings. The number of rotatable bonds is 7. The number of ether oxygens (including phenoxy) is 3. The molecule has 4 aromatic carbocycles. The number of benzene rings is 4. The fourth-order valence-corrected chi connectivity index (χ4v) is 4.98. The monoisotopic (exact) mass is 704 g/mol. The molecule has 0 saturated heterocycles. The fourth-order valence-electron chi connectivity index (χ4n) is 4.98. The first kappa shape index (κ1) is 41.9. The second-order valence-electron chi connectivity index (χ2n) is 13.2. The van der Waals surface area contributed by atoms with Gasteiger partial charge in [0.05, 0.1) is 0 Å². The number of halogens is 6. The number of hydrogen-bond acceptors (Lipinski definition) is 4. The lowest BCUT2D eigenvalue weighted by molar-refractivity contribution is -0.288.